The lowest BCUT2D eigenvalue weighted by Crippen LogP contribution is -2.14. The molecule has 1 aliphatic rings. The number of aryl methyl sites for hydroxylation is 1. The molecule has 0 bridgehead atoms. The molecule has 1 aromatic heterocycles. The summed E-state index contributed by atoms with van der Waals surface area (Å²) in [7, 11) is 0. The predicted molar refractivity (Wildman–Crippen MR) is 108 cm³/mol. The van der Waals surface area contributed by atoms with Crippen LogP contribution in [0, 0.1) is 0 Å². The van der Waals surface area contributed by atoms with E-state index in [9.17, 15) is 4.79 Å². The Morgan fingerprint density at radius 2 is 1.86 bits per heavy atom. The van der Waals surface area contributed by atoms with E-state index in [1.54, 1.807) is 0 Å². The van der Waals surface area contributed by atoms with E-state index in [1.807, 2.05) is 55.5 Å². The van der Waals surface area contributed by atoms with Gasteiger partial charge in [0.25, 0.3) is 0 Å². The molecule has 0 unspecified atom stereocenters. The minimum Gasteiger partial charge on any atom is -0.494 e. The first-order valence-electron chi connectivity index (χ1n) is 9.77. The van der Waals surface area contributed by atoms with Crippen molar-refractivity contribution in [1.29, 1.82) is 0 Å². The molecule has 6 heteroatoms. The number of ether oxygens (including phenoxy) is 1. The SMILES string of the molecule is CCOc1ccc(CC(=O)Nc2ccc(-c3nnc4n3CCCC4)cc2)cc1. The Hall–Kier alpha value is -3.15. The summed E-state index contributed by atoms with van der Waals surface area (Å²) in [6.07, 6.45) is 3.66. The van der Waals surface area contributed by atoms with Crippen LogP contribution in [0.25, 0.3) is 11.4 Å². The third-order valence-electron chi connectivity index (χ3n) is 4.89. The Morgan fingerprint density at radius 1 is 1.07 bits per heavy atom. The largest absolute Gasteiger partial charge is 0.494 e. The molecule has 6 nitrogen and oxygen atoms in total. The second kappa shape index (κ2) is 8.25. The molecular formula is C22H24N4O2. The van der Waals surface area contributed by atoms with Gasteiger partial charge < -0.3 is 14.6 Å². The monoisotopic (exact) mass is 376 g/mol. The smallest absolute Gasteiger partial charge is 0.228 e. The van der Waals surface area contributed by atoms with E-state index in [4.69, 9.17) is 4.74 Å². The number of anilines is 1. The highest BCUT2D eigenvalue weighted by Gasteiger charge is 2.16. The Labute approximate surface area is 164 Å². The molecule has 0 fully saturated rings. The zero-order valence-electron chi connectivity index (χ0n) is 16.0. The lowest BCUT2D eigenvalue weighted by molar-refractivity contribution is -0.115. The molecule has 1 aliphatic heterocycles. The topological polar surface area (TPSA) is 69.0 Å². The first-order valence-corrected chi connectivity index (χ1v) is 9.77. The Morgan fingerprint density at radius 3 is 2.61 bits per heavy atom. The minimum atomic E-state index is -0.0447. The molecule has 144 valence electrons. The highest BCUT2D eigenvalue weighted by atomic mass is 16.5. The van der Waals surface area contributed by atoms with Crippen molar-refractivity contribution in [2.24, 2.45) is 0 Å². The van der Waals surface area contributed by atoms with Crippen LogP contribution in [0.2, 0.25) is 0 Å². The van der Waals surface area contributed by atoms with Gasteiger partial charge in [-0.05, 0) is 61.7 Å². The number of amides is 1. The van der Waals surface area contributed by atoms with Gasteiger partial charge >= 0.3 is 0 Å². The number of nitrogens with one attached hydrogen (secondary N) is 1. The van der Waals surface area contributed by atoms with E-state index in [0.29, 0.717) is 13.0 Å². The predicted octanol–water partition coefficient (Wildman–Crippen LogP) is 3.86. The number of aromatic nitrogens is 3. The van der Waals surface area contributed by atoms with Crippen LogP contribution in [0.15, 0.2) is 48.5 Å². The standard InChI is InChI=1S/C22H24N4O2/c1-2-28-19-12-6-16(7-13-19)15-21(27)23-18-10-8-17(9-11-18)22-25-24-20-5-3-4-14-26(20)22/h6-13H,2-5,14-15H2,1H3,(H,23,27). The van der Waals surface area contributed by atoms with Crippen molar-refractivity contribution >= 4 is 11.6 Å². The third-order valence-corrected chi connectivity index (χ3v) is 4.89. The minimum absolute atomic E-state index is 0.0447. The molecule has 0 radical (unpaired) electrons. The van der Waals surface area contributed by atoms with Gasteiger partial charge in [0.15, 0.2) is 5.82 Å². The number of carbonyl (C=O) groups excluding carboxylic acids is 1. The van der Waals surface area contributed by atoms with E-state index in [2.05, 4.69) is 20.1 Å². The third kappa shape index (κ3) is 4.06. The lowest BCUT2D eigenvalue weighted by atomic mass is 10.1. The maximum atomic E-state index is 12.3. The molecule has 2 heterocycles. The van der Waals surface area contributed by atoms with Crippen LogP contribution in [-0.4, -0.2) is 27.3 Å². The van der Waals surface area contributed by atoms with Crippen molar-refractivity contribution in [1.82, 2.24) is 14.8 Å². The van der Waals surface area contributed by atoms with Crippen LogP contribution in [-0.2, 0) is 24.2 Å². The van der Waals surface area contributed by atoms with Crippen molar-refractivity contribution in [3.8, 4) is 17.1 Å². The first-order chi connectivity index (χ1) is 13.7. The van der Waals surface area contributed by atoms with E-state index >= 15 is 0 Å². The van der Waals surface area contributed by atoms with Crippen molar-refractivity contribution in [3.05, 3.63) is 59.9 Å². The van der Waals surface area contributed by atoms with Crippen LogP contribution in [0.3, 0.4) is 0 Å². The summed E-state index contributed by atoms with van der Waals surface area (Å²) in [5.41, 5.74) is 2.75. The van der Waals surface area contributed by atoms with Gasteiger partial charge in [0, 0.05) is 24.2 Å². The summed E-state index contributed by atoms with van der Waals surface area (Å²) >= 11 is 0. The first kappa shape index (κ1) is 18.2. The quantitative estimate of drug-likeness (QED) is 0.709. The fourth-order valence-corrected chi connectivity index (χ4v) is 3.49. The molecular weight excluding hydrogens is 352 g/mol. The number of fused-ring (bicyclic) bond motifs is 1. The molecule has 1 N–H and O–H groups in total. The molecule has 3 aromatic rings. The van der Waals surface area contributed by atoms with Crippen molar-refractivity contribution in [2.75, 3.05) is 11.9 Å². The molecule has 2 aromatic carbocycles. The Kier molecular flexibility index (Phi) is 5.37. The molecule has 0 atom stereocenters. The molecule has 0 aliphatic carbocycles. The summed E-state index contributed by atoms with van der Waals surface area (Å²) in [5, 5.41) is 11.6. The van der Waals surface area contributed by atoms with Gasteiger partial charge in [-0.1, -0.05) is 12.1 Å². The fourth-order valence-electron chi connectivity index (χ4n) is 3.49. The number of rotatable bonds is 6. The normalized spacial score (nSPS) is 13.0. The number of benzene rings is 2. The van der Waals surface area contributed by atoms with Crippen molar-refractivity contribution in [2.45, 2.75) is 39.2 Å². The number of carbonyl (C=O) groups is 1. The Balaban J connectivity index is 1.39. The second-order valence-electron chi connectivity index (χ2n) is 6.93. The highest BCUT2D eigenvalue weighted by molar-refractivity contribution is 5.92. The lowest BCUT2D eigenvalue weighted by Gasteiger charge is -2.14. The fraction of sp³-hybridized carbons (Fsp3) is 0.318. The van der Waals surface area contributed by atoms with Gasteiger partial charge in [-0.25, -0.2) is 0 Å². The van der Waals surface area contributed by atoms with Crippen molar-refractivity contribution < 1.29 is 9.53 Å². The van der Waals surface area contributed by atoms with Gasteiger partial charge in [0.2, 0.25) is 5.91 Å². The van der Waals surface area contributed by atoms with Gasteiger partial charge in [-0.2, -0.15) is 0 Å². The van der Waals surface area contributed by atoms with E-state index in [0.717, 1.165) is 53.6 Å². The molecule has 28 heavy (non-hydrogen) atoms. The Bertz CT molecular complexity index is 946. The summed E-state index contributed by atoms with van der Waals surface area (Å²) in [5.74, 6) is 2.74. The summed E-state index contributed by atoms with van der Waals surface area (Å²) in [6, 6.07) is 15.4. The van der Waals surface area contributed by atoms with Crippen LogP contribution < -0.4 is 10.1 Å². The average molecular weight is 376 g/mol. The molecule has 0 spiro atoms. The highest BCUT2D eigenvalue weighted by Crippen LogP contribution is 2.24. The summed E-state index contributed by atoms with van der Waals surface area (Å²) in [4.78, 5) is 12.3. The van der Waals surface area contributed by atoms with E-state index < -0.39 is 0 Å². The number of hydrogen-bond acceptors (Lipinski definition) is 4. The molecule has 4 rings (SSSR count). The maximum Gasteiger partial charge on any atom is 0.228 e. The molecule has 1 amide bonds. The molecule has 0 saturated heterocycles. The van der Waals surface area contributed by atoms with Gasteiger partial charge in [-0.3, -0.25) is 4.79 Å². The van der Waals surface area contributed by atoms with Gasteiger partial charge in [0.05, 0.1) is 13.0 Å². The number of nitrogens with zero attached hydrogens (tertiary/aromatic N) is 3. The number of hydrogen-bond donors (Lipinski definition) is 1. The average Bonchev–Trinajstić information content (AvgIpc) is 3.14. The zero-order chi connectivity index (χ0) is 19.3. The van der Waals surface area contributed by atoms with Gasteiger partial charge in [-0.15, -0.1) is 10.2 Å². The van der Waals surface area contributed by atoms with Crippen molar-refractivity contribution in [3.63, 3.8) is 0 Å². The maximum absolute atomic E-state index is 12.3. The van der Waals surface area contributed by atoms with Gasteiger partial charge in [0.1, 0.15) is 11.6 Å². The summed E-state index contributed by atoms with van der Waals surface area (Å²) < 4.78 is 7.62. The zero-order valence-corrected chi connectivity index (χ0v) is 16.0. The van der Waals surface area contributed by atoms with Crippen LogP contribution in [0.5, 0.6) is 5.75 Å². The van der Waals surface area contributed by atoms with E-state index in [1.165, 1.54) is 6.42 Å². The van der Waals surface area contributed by atoms with Crippen LogP contribution in [0.4, 0.5) is 5.69 Å². The summed E-state index contributed by atoms with van der Waals surface area (Å²) in [6.45, 7) is 3.55. The van der Waals surface area contributed by atoms with Crippen LogP contribution >= 0.6 is 0 Å². The van der Waals surface area contributed by atoms with E-state index in [-0.39, 0.29) is 5.91 Å². The molecule has 0 saturated carbocycles. The van der Waals surface area contributed by atoms with Crippen LogP contribution in [0.1, 0.15) is 31.2 Å². The second-order valence-corrected chi connectivity index (χ2v) is 6.93.